The largest absolute Gasteiger partial charge is 0.394 e. The lowest BCUT2D eigenvalue weighted by Crippen LogP contribution is -2.52. The molecule has 1 amide bonds. The van der Waals surface area contributed by atoms with Gasteiger partial charge in [0.15, 0.2) is 0 Å². The van der Waals surface area contributed by atoms with Crippen LogP contribution in [0.3, 0.4) is 0 Å². The fourth-order valence-electron chi connectivity index (χ4n) is 1.24. The van der Waals surface area contributed by atoms with Gasteiger partial charge >= 0.3 is 0 Å². The summed E-state index contributed by atoms with van der Waals surface area (Å²) in [5.41, 5.74) is -1.11. The van der Waals surface area contributed by atoms with E-state index in [1.165, 1.54) is 13.0 Å². The summed E-state index contributed by atoms with van der Waals surface area (Å²) in [6, 6.07) is 3.10. The number of hydrogen-bond acceptors (Lipinski definition) is 4. The Morgan fingerprint density at radius 2 is 2.00 bits per heavy atom. The van der Waals surface area contributed by atoms with Crippen LogP contribution >= 0.6 is 11.8 Å². The maximum absolute atomic E-state index is 13.3. The van der Waals surface area contributed by atoms with Gasteiger partial charge in [0.05, 0.1) is 24.5 Å². The Morgan fingerprint density at radius 3 is 2.53 bits per heavy atom. The highest BCUT2D eigenvalue weighted by atomic mass is 32.2. The predicted molar refractivity (Wildman–Crippen MR) is 67.8 cm³/mol. The van der Waals surface area contributed by atoms with Gasteiger partial charge in [-0.3, -0.25) is 4.79 Å². The molecule has 0 fully saturated rings. The number of amides is 1. The minimum Gasteiger partial charge on any atom is -0.394 e. The van der Waals surface area contributed by atoms with E-state index >= 15 is 0 Å². The number of hydrogen-bond donors (Lipinski definition) is 3. The summed E-state index contributed by atoms with van der Waals surface area (Å²) in [6.07, 6.45) is 0. The molecule has 0 unspecified atom stereocenters. The molecular formula is C12H15F2NO3S. The minimum absolute atomic E-state index is 0.0991. The van der Waals surface area contributed by atoms with E-state index in [0.29, 0.717) is 0 Å². The van der Waals surface area contributed by atoms with Gasteiger partial charge in [0, 0.05) is 11.0 Å². The van der Waals surface area contributed by atoms with Gasteiger partial charge in [-0.05, 0) is 19.1 Å². The van der Waals surface area contributed by atoms with Crippen LogP contribution in [-0.2, 0) is 4.79 Å². The minimum atomic E-state index is -1.11. The van der Waals surface area contributed by atoms with E-state index < -0.39 is 36.3 Å². The maximum Gasteiger partial charge on any atom is 0.230 e. The second-order valence-electron chi connectivity index (χ2n) is 4.29. The third-order valence-corrected chi connectivity index (χ3v) is 3.44. The number of aliphatic hydroxyl groups is 2. The molecule has 0 radical (unpaired) electrons. The SMILES string of the molecule is CC(CO)(CO)NC(=O)CSc1ccc(F)cc1F. The van der Waals surface area contributed by atoms with E-state index in [9.17, 15) is 13.6 Å². The number of carbonyl (C=O) groups excluding carboxylic acids is 1. The van der Waals surface area contributed by atoms with Gasteiger partial charge < -0.3 is 15.5 Å². The highest BCUT2D eigenvalue weighted by Crippen LogP contribution is 2.22. The van der Waals surface area contributed by atoms with Crippen molar-refractivity contribution in [2.75, 3.05) is 19.0 Å². The number of carbonyl (C=O) groups is 1. The summed E-state index contributed by atoms with van der Waals surface area (Å²) in [7, 11) is 0. The van der Waals surface area contributed by atoms with Crippen LogP contribution in [0.1, 0.15) is 6.92 Å². The standard InChI is InChI=1S/C12H15F2NO3S/c1-12(6-16,7-17)15-11(18)5-19-10-3-2-8(13)4-9(10)14/h2-4,16-17H,5-7H2,1H3,(H,15,18). The molecule has 1 aromatic carbocycles. The summed E-state index contributed by atoms with van der Waals surface area (Å²) in [6.45, 7) is 0.656. The molecular weight excluding hydrogens is 276 g/mol. The smallest absolute Gasteiger partial charge is 0.230 e. The first-order chi connectivity index (χ1) is 8.90. The molecule has 106 valence electrons. The average molecular weight is 291 g/mol. The van der Waals surface area contributed by atoms with Gasteiger partial charge in [-0.1, -0.05) is 0 Å². The average Bonchev–Trinajstić information content (AvgIpc) is 2.37. The summed E-state index contributed by atoms with van der Waals surface area (Å²) in [5, 5.41) is 20.5. The quantitative estimate of drug-likeness (QED) is 0.682. The van der Waals surface area contributed by atoms with Gasteiger partial charge in [-0.15, -0.1) is 11.8 Å². The highest BCUT2D eigenvalue weighted by molar-refractivity contribution is 8.00. The number of nitrogens with one attached hydrogen (secondary N) is 1. The van der Waals surface area contributed by atoms with Gasteiger partial charge in [-0.25, -0.2) is 8.78 Å². The predicted octanol–water partition coefficient (Wildman–Crippen LogP) is 0.916. The fourth-order valence-corrected chi connectivity index (χ4v) is 1.96. The molecule has 0 aromatic heterocycles. The van der Waals surface area contributed by atoms with Crippen molar-refractivity contribution in [3.05, 3.63) is 29.8 Å². The summed E-state index contributed by atoms with van der Waals surface area (Å²) in [5.74, 6) is -1.97. The van der Waals surface area contributed by atoms with Crippen LogP contribution in [0.4, 0.5) is 8.78 Å². The first kappa shape index (κ1) is 15.9. The lowest BCUT2D eigenvalue weighted by atomic mass is 10.1. The van der Waals surface area contributed by atoms with Crippen molar-refractivity contribution >= 4 is 17.7 Å². The molecule has 1 rings (SSSR count). The van der Waals surface area contributed by atoms with E-state index in [4.69, 9.17) is 10.2 Å². The summed E-state index contributed by atoms with van der Waals surface area (Å²) in [4.78, 5) is 11.7. The molecule has 19 heavy (non-hydrogen) atoms. The zero-order valence-electron chi connectivity index (χ0n) is 10.3. The Morgan fingerprint density at radius 1 is 1.37 bits per heavy atom. The van der Waals surface area contributed by atoms with Crippen LogP contribution in [0, 0.1) is 11.6 Å². The van der Waals surface area contributed by atoms with Crippen molar-refractivity contribution in [1.82, 2.24) is 5.32 Å². The fraction of sp³-hybridized carbons (Fsp3) is 0.417. The first-order valence-corrected chi connectivity index (χ1v) is 6.49. The van der Waals surface area contributed by atoms with E-state index in [2.05, 4.69) is 5.32 Å². The second-order valence-corrected chi connectivity index (χ2v) is 5.31. The van der Waals surface area contributed by atoms with E-state index in [-0.39, 0.29) is 10.6 Å². The van der Waals surface area contributed by atoms with Crippen LogP contribution in [-0.4, -0.2) is 40.6 Å². The number of benzene rings is 1. The monoisotopic (exact) mass is 291 g/mol. The second kappa shape index (κ2) is 6.83. The zero-order valence-corrected chi connectivity index (χ0v) is 11.1. The molecule has 0 spiro atoms. The Bertz CT molecular complexity index is 453. The van der Waals surface area contributed by atoms with Crippen molar-refractivity contribution < 1.29 is 23.8 Å². The van der Waals surface area contributed by atoms with Crippen LogP contribution in [0.25, 0.3) is 0 Å². The van der Waals surface area contributed by atoms with Crippen molar-refractivity contribution in [3.63, 3.8) is 0 Å². The number of thioether (sulfide) groups is 1. The molecule has 0 saturated heterocycles. The third kappa shape index (κ3) is 4.77. The molecule has 0 heterocycles. The van der Waals surface area contributed by atoms with Crippen LogP contribution in [0.2, 0.25) is 0 Å². The number of aliphatic hydroxyl groups excluding tert-OH is 2. The topological polar surface area (TPSA) is 69.6 Å². The van der Waals surface area contributed by atoms with Gasteiger partial charge in [0.2, 0.25) is 5.91 Å². The number of halogens is 2. The Balaban J connectivity index is 2.55. The molecule has 0 atom stereocenters. The molecule has 7 heteroatoms. The molecule has 0 aliphatic carbocycles. The molecule has 0 bridgehead atoms. The Kier molecular flexibility index (Phi) is 5.71. The Labute approximate surface area is 113 Å². The van der Waals surface area contributed by atoms with E-state index in [1.807, 2.05) is 0 Å². The molecule has 0 aliphatic heterocycles. The van der Waals surface area contributed by atoms with Gasteiger partial charge in [0.1, 0.15) is 11.6 Å². The van der Waals surface area contributed by atoms with Crippen molar-refractivity contribution in [3.8, 4) is 0 Å². The van der Waals surface area contributed by atoms with E-state index in [1.54, 1.807) is 0 Å². The molecule has 3 N–H and O–H groups in total. The highest BCUT2D eigenvalue weighted by Gasteiger charge is 2.24. The number of rotatable bonds is 6. The van der Waals surface area contributed by atoms with Gasteiger partial charge in [-0.2, -0.15) is 0 Å². The van der Waals surface area contributed by atoms with Crippen molar-refractivity contribution in [2.24, 2.45) is 0 Å². The molecule has 0 aliphatic rings. The summed E-state index contributed by atoms with van der Waals surface area (Å²) >= 11 is 0.909. The first-order valence-electron chi connectivity index (χ1n) is 5.51. The van der Waals surface area contributed by atoms with E-state index in [0.717, 1.165) is 23.9 Å². The van der Waals surface area contributed by atoms with Crippen LogP contribution in [0.15, 0.2) is 23.1 Å². The molecule has 4 nitrogen and oxygen atoms in total. The van der Waals surface area contributed by atoms with Crippen LogP contribution < -0.4 is 5.32 Å². The molecule has 0 saturated carbocycles. The summed E-state index contributed by atoms with van der Waals surface area (Å²) < 4.78 is 26.0. The maximum atomic E-state index is 13.3. The van der Waals surface area contributed by atoms with Gasteiger partial charge in [0.25, 0.3) is 0 Å². The molecule has 1 aromatic rings. The van der Waals surface area contributed by atoms with Crippen molar-refractivity contribution in [1.29, 1.82) is 0 Å². The van der Waals surface area contributed by atoms with Crippen LogP contribution in [0.5, 0.6) is 0 Å². The lowest BCUT2D eigenvalue weighted by molar-refractivity contribution is -0.121. The zero-order chi connectivity index (χ0) is 14.5. The van der Waals surface area contributed by atoms with Crippen molar-refractivity contribution in [2.45, 2.75) is 17.4 Å². The normalized spacial score (nSPS) is 11.4. The third-order valence-electron chi connectivity index (χ3n) is 2.39. The lowest BCUT2D eigenvalue weighted by Gasteiger charge is -2.26. The Hall–Kier alpha value is -1.18.